The Labute approximate surface area is 83.2 Å². The molecule has 0 rings (SSSR count). The number of nitrogens with one attached hydrogen (secondary N) is 2. The van der Waals surface area contributed by atoms with Crippen LogP contribution in [0.2, 0.25) is 0 Å². The fourth-order valence-corrected chi connectivity index (χ4v) is 0.557. The molecular weight excluding hydrogens is 188 g/mol. The van der Waals surface area contributed by atoms with Crippen molar-refractivity contribution in [2.75, 3.05) is 0 Å². The number of aliphatic hydroxyl groups excluding tert-OH is 2. The van der Waals surface area contributed by atoms with Crippen LogP contribution in [0.15, 0.2) is 0 Å². The van der Waals surface area contributed by atoms with Gasteiger partial charge in [-0.25, -0.2) is 10.2 Å². The Morgan fingerprint density at radius 3 is 2.21 bits per heavy atom. The van der Waals surface area contributed by atoms with E-state index in [0.29, 0.717) is 0 Å². The van der Waals surface area contributed by atoms with Crippen molar-refractivity contribution in [3.63, 3.8) is 0 Å². The lowest BCUT2D eigenvalue weighted by Gasteiger charge is -2.21. The summed E-state index contributed by atoms with van der Waals surface area (Å²) in [6.45, 7) is 6.54. The van der Waals surface area contributed by atoms with E-state index in [9.17, 15) is 4.79 Å². The van der Waals surface area contributed by atoms with Crippen molar-refractivity contribution in [3.05, 3.63) is 0 Å². The second-order valence-electron chi connectivity index (χ2n) is 3.96. The Bertz CT molecular complexity index is 188. The molecule has 1 amide bonds. The standard InChI is InChI=1S/C8H18N2O4/c1-5(11)6(12)9-10-7(13)14-8(2,3)4/h5-6,9,11-12H,1-4H3,(H,10,13)/t5-,6-/m1/s1. The molecule has 0 saturated carbocycles. The first-order valence-electron chi connectivity index (χ1n) is 4.33. The summed E-state index contributed by atoms with van der Waals surface area (Å²) in [6.07, 6.45) is -2.91. The van der Waals surface area contributed by atoms with Gasteiger partial charge in [0, 0.05) is 0 Å². The second kappa shape index (κ2) is 5.14. The number of hydrogen-bond donors (Lipinski definition) is 4. The highest BCUT2D eigenvalue weighted by Crippen LogP contribution is 2.05. The monoisotopic (exact) mass is 206 g/mol. The van der Waals surface area contributed by atoms with Gasteiger partial charge in [0.05, 0.1) is 6.10 Å². The average Bonchev–Trinajstić information content (AvgIpc) is 1.96. The third-order valence-electron chi connectivity index (χ3n) is 1.18. The first-order valence-corrected chi connectivity index (χ1v) is 4.33. The molecule has 4 N–H and O–H groups in total. The zero-order valence-electron chi connectivity index (χ0n) is 8.87. The SMILES string of the molecule is C[C@@H](O)[C@@H](O)NNC(=O)OC(C)(C)C. The highest BCUT2D eigenvalue weighted by Gasteiger charge is 2.17. The van der Waals surface area contributed by atoms with Gasteiger partial charge in [-0.1, -0.05) is 0 Å². The Morgan fingerprint density at radius 2 is 1.86 bits per heavy atom. The molecule has 0 aromatic carbocycles. The fraction of sp³-hybridized carbons (Fsp3) is 0.875. The number of ether oxygens (including phenoxy) is 1. The number of carbonyl (C=O) groups is 1. The molecule has 0 aliphatic carbocycles. The smallest absolute Gasteiger partial charge is 0.422 e. The van der Waals surface area contributed by atoms with Crippen LogP contribution in [0.4, 0.5) is 4.79 Å². The van der Waals surface area contributed by atoms with Crippen LogP contribution in [-0.4, -0.2) is 34.2 Å². The lowest BCUT2D eigenvalue weighted by molar-refractivity contribution is -0.00683. The molecule has 0 fully saturated rings. The Balaban J connectivity index is 3.75. The first-order chi connectivity index (χ1) is 6.22. The summed E-state index contributed by atoms with van der Waals surface area (Å²) >= 11 is 0. The number of amides is 1. The molecule has 2 atom stereocenters. The molecule has 0 spiro atoms. The van der Waals surface area contributed by atoms with E-state index in [2.05, 4.69) is 10.9 Å². The predicted octanol–water partition coefficient (Wildman–Crippen LogP) is -0.285. The normalized spacial score (nSPS) is 15.9. The highest BCUT2D eigenvalue weighted by atomic mass is 16.6. The van der Waals surface area contributed by atoms with Gasteiger partial charge in [-0.3, -0.25) is 5.43 Å². The van der Waals surface area contributed by atoms with Gasteiger partial charge in [-0.15, -0.1) is 0 Å². The maximum Gasteiger partial charge on any atom is 0.422 e. The lowest BCUT2D eigenvalue weighted by atomic mass is 10.2. The summed E-state index contributed by atoms with van der Waals surface area (Å²) < 4.78 is 4.86. The predicted molar refractivity (Wildman–Crippen MR) is 50.2 cm³/mol. The van der Waals surface area contributed by atoms with Gasteiger partial charge < -0.3 is 14.9 Å². The molecule has 14 heavy (non-hydrogen) atoms. The van der Waals surface area contributed by atoms with Crippen LogP contribution in [0.3, 0.4) is 0 Å². The molecule has 0 aromatic heterocycles. The number of hydrazine groups is 1. The van der Waals surface area contributed by atoms with Gasteiger partial charge >= 0.3 is 6.09 Å². The van der Waals surface area contributed by atoms with Crippen LogP contribution in [0.25, 0.3) is 0 Å². The zero-order valence-corrected chi connectivity index (χ0v) is 8.87. The van der Waals surface area contributed by atoms with Crippen molar-refractivity contribution in [2.24, 2.45) is 0 Å². The Morgan fingerprint density at radius 1 is 1.36 bits per heavy atom. The maximum atomic E-state index is 11.0. The Hall–Kier alpha value is -0.850. The van der Waals surface area contributed by atoms with Gasteiger partial charge in [0.25, 0.3) is 0 Å². The van der Waals surface area contributed by atoms with Gasteiger partial charge in [-0.05, 0) is 27.7 Å². The van der Waals surface area contributed by atoms with E-state index >= 15 is 0 Å². The van der Waals surface area contributed by atoms with Gasteiger partial charge in [0.2, 0.25) is 0 Å². The largest absolute Gasteiger partial charge is 0.443 e. The van der Waals surface area contributed by atoms with E-state index in [0.717, 1.165) is 0 Å². The van der Waals surface area contributed by atoms with Crippen molar-refractivity contribution in [1.82, 2.24) is 10.9 Å². The van der Waals surface area contributed by atoms with Crippen molar-refractivity contribution in [2.45, 2.75) is 45.6 Å². The molecule has 0 aromatic rings. The van der Waals surface area contributed by atoms with E-state index in [1.807, 2.05) is 0 Å². The third kappa shape index (κ3) is 6.64. The van der Waals surface area contributed by atoms with E-state index in [-0.39, 0.29) is 0 Å². The highest BCUT2D eigenvalue weighted by molar-refractivity contribution is 5.66. The quantitative estimate of drug-likeness (QED) is 0.376. The van der Waals surface area contributed by atoms with Crippen LogP contribution < -0.4 is 10.9 Å². The molecular formula is C8H18N2O4. The minimum atomic E-state index is -1.22. The summed E-state index contributed by atoms with van der Waals surface area (Å²) in [7, 11) is 0. The summed E-state index contributed by atoms with van der Waals surface area (Å²) in [5.74, 6) is 0. The zero-order chi connectivity index (χ0) is 11.4. The van der Waals surface area contributed by atoms with E-state index in [1.54, 1.807) is 20.8 Å². The topological polar surface area (TPSA) is 90.8 Å². The molecule has 0 radical (unpaired) electrons. The average molecular weight is 206 g/mol. The van der Waals surface area contributed by atoms with Crippen LogP contribution in [0.1, 0.15) is 27.7 Å². The minimum Gasteiger partial charge on any atom is -0.443 e. The summed E-state index contributed by atoms with van der Waals surface area (Å²) in [5, 5.41) is 17.9. The summed E-state index contributed by atoms with van der Waals surface area (Å²) in [5.41, 5.74) is 3.69. The van der Waals surface area contributed by atoms with Crippen LogP contribution in [-0.2, 0) is 4.74 Å². The van der Waals surface area contributed by atoms with E-state index in [4.69, 9.17) is 14.9 Å². The first kappa shape index (κ1) is 13.2. The van der Waals surface area contributed by atoms with Gasteiger partial charge in [-0.2, -0.15) is 0 Å². The second-order valence-corrected chi connectivity index (χ2v) is 3.96. The van der Waals surface area contributed by atoms with Crippen molar-refractivity contribution in [1.29, 1.82) is 0 Å². The maximum absolute atomic E-state index is 11.0. The van der Waals surface area contributed by atoms with Crippen LogP contribution in [0, 0.1) is 0 Å². The molecule has 0 heterocycles. The number of carbonyl (C=O) groups excluding carboxylic acids is 1. The molecule has 6 nitrogen and oxygen atoms in total. The van der Waals surface area contributed by atoms with Crippen molar-refractivity contribution in [3.8, 4) is 0 Å². The molecule has 0 aliphatic heterocycles. The van der Waals surface area contributed by atoms with E-state index < -0.39 is 24.0 Å². The number of rotatable bonds is 3. The fourth-order valence-electron chi connectivity index (χ4n) is 0.557. The molecule has 0 bridgehead atoms. The molecule has 0 unspecified atom stereocenters. The molecule has 0 saturated heterocycles. The van der Waals surface area contributed by atoms with Gasteiger partial charge in [0.1, 0.15) is 11.8 Å². The van der Waals surface area contributed by atoms with Crippen molar-refractivity contribution >= 4 is 6.09 Å². The summed E-state index contributed by atoms with van der Waals surface area (Å²) in [4.78, 5) is 11.0. The van der Waals surface area contributed by atoms with Crippen LogP contribution in [0.5, 0.6) is 0 Å². The molecule has 84 valence electrons. The Kier molecular flexibility index (Phi) is 4.82. The van der Waals surface area contributed by atoms with Crippen LogP contribution >= 0.6 is 0 Å². The molecule has 0 aliphatic rings. The van der Waals surface area contributed by atoms with Gasteiger partial charge in [0.15, 0.2) is 0 Å². The van der Waals surface area contributed by atoms with E-state index in [1.165, 1.54) is 6.92 Å². The van der Waals surface area contributed by atoms with Crippen molar-refractivity contribution < 1.29 is 19.7 Å². The minimum absolute atomic E-state index is 0.596. The summed E-state index contributed by atoms with van der Waals surface area (Å²) in [6, 6.07) is 0. The molecule has 6 heteroatoms. The lowest BCUT2D eigenvalue weighted by Crippen LogP contribution is -2.50. The number of aliphatic hydroxyl groups is 2. The number of hydrogen-bond acceptors (Lipinski definition) is 5. The third-order valence-corrected chi connectivity index (χ3v) is 1.18.